The van der Waals surface area contributed by atoms with Crippen molar-refractivity contribution in [2.75, 3.05) is 26.3 Å². The van der Waals surface area contributed by atoms with Crippen molar-refractivity contribution in [2.45, 2.75) is 25.1 Å². The number of carboxylic acids is 1. The first-order valence-electron chi connectivity index (χ1n) is 5.73. The van der Waals surface area contributed by atoms with Gasteiger partial charge >= 0.3 is 18.2 Å². The largest absolute Gasteiger partial charge is 0.480 e. The number of alkyl halides is 3. The zero-order valence-electron chi connectivity index (χ0n) is 10.1. The summed E-state index contributed by atoms with van der Waals surface area (Å²) in [7, 11) is 0. The minimum Gasteiger partial charge on any atom is -0.480 e. The van der Waals surface area contributed by atoms with Gasteiger partial charge in [-0.05, 0) is 12.8 Å². The molecule has 1 unspecified atom stereocenters. The van der Waals surface area contributed by atoms with Crippen LogP contribution in [0, 0.1) is 0 Å². The molecule has 0 aromatic rings. The molecule has 0 aliphatic carbocycles. The summed E-state index contributed by atoms with van der Waals surface area (Å²) in [4.78, 5) is 23.6. The summed E-state index contributed by atoms with van der Waals surface area (Å²) in [6, 6.07) is -1.46. The van der Waals surface area contributed by atoms with Crippen molar-refractivity contribution < 1.29 is 32.6 Å². The van der Waals surface area contributed by atoms with E-state index in [-0.39, 0.29) is 13.2 Å². The summed E-state index contributed by atoms with van der Waals surface area (Å²) >= 11 is 0. The normalized spacial score (nSPS) is 19.5. The highest BCUT2D eigenvalue weighted by molar-refractivity contribution is 5.83. The SMILES string of the molecule is O=C(O)C1CCCN1C(=O)NCCOCC(F)(F)F. The Morgan fingerprint density at radius 1 is 1.42 bits per heavy atom. The third-order valence-electron chi connectivity index (χ3n) is 2.59. The van der Waals surface area contributed by atoms with Crippen LogP contribution in [0.2, 0.25) is 0 Å². The molecule has 1 saturated heterocycles. The van der Waals surface area contributed by atoms with Crippen molar-refractivity contribution in [3.05, 3.63) is 0 Å². The van der Waals surface area contributed by atoms with Crippen molar-refractivity contribution in [1.82, 2.24) is 10.2 Å². The van der Waals surface area contributed by atoms with Gasteiger partial charge in [0.25, 0.3) is 0 Å². The average molecular weight is 284 g/mol. The van der Waals surface area contributed by atoms with Crippen LogP contribution in [-0.2, 0) is 9.53 Å². The Balaban J connectivity index is 2.22. The molecule has 19 heavy (non-hydrogen) atoms. The molecule has 0 aromatic heterocycles. The molecule has 2 N–H and O–H groups in total. The Morgan fingerprint density at radius 2 is 2.11 bits per heavy atom. The van der Waals surface area contributed by atoms with E-state index in [0.717, 1.165) is 4.90 Å². The minimum absolute atomic E-state index is 0.0995. The van der Waals surface area contributed by atoms with Crippen molar-refractivity contribution in [2.24, 2.45) is 0 Å². The Bertz CT molecular complexity index is 335. The summed E-state index contributed by atoms with van der Waals surface area (Å²) in [6.45, 7) is -1.43. The number of halogens is 3. The fraction of sp³-hybridized carbons (Fsp3) is 0.800. The Morgan fingerprint density at radius 3 is 2.68 bits per heavy atom. The Kier molecular flexibility index (Phi) is 5.40. The number of urea groups is 1. The first-order valence-corrected chi connectivity index (χ1v) is 5.73. The van der Waals surface area contributed by atoms with Crippen LogP contribution < -0.4 is 5.32 Å². The van der Waals surface area contributed by atoms with E-state index < -0.39 is 30.8 Å². The van der Waals surface area contributed by atoms with Crippen molar-refractivity contribution in [3.63, 3.8) is 0 Å². The quantitative estimate of drug-likeness (QED) is 0.733. The molecule has 1 atom stereocenters. The summed E-state index contributed by atoms with van der Waals surface area (Å²) in [6.07, 6.45) is -3.42. The van der Waals surface area contributed by atoms with Gasteiger partial charge in [0.1, 0.15) is 12.6 Å². The van der Waals surface area contributed by atoms with Gasteiger partial charge in [0.05, 0.1) is 6.61 Å². The lowest BCUT2D eigenvalue weighted by Crippen LogP contribution is -2.46. The molecular weight excluding hydrogens is 269 g/mol. The second-order valence-corrected chi connectivity index (χ2v) is 4.09. The molecule has 0 aromatic carbocycles. The Labute approximate surface area is 107 Å². The van der Waals surface area contributed by atoms with E-state index in [9.17, 15) is 22.8 Å². The van der Waals surface area contributed by atoms with Gasteiger partial charge in [-0.25, -0.2) is 9.59 Å². The number of likely N-dealkylation sites (tertiary alicyclic amines) is 1. The van der Waals surface area contributed by atoms with Crippen LogP contribution in [0.15, 0.2) is 0 Å². The third kappa shape index (κ3) is 5.33. The summed E-state index contributed by atoms with van der Waals surface area (Å²) in [5.41, 5.74) is 0. The summed E-state index contributed by atoms with van der Waals surface area (Å²) in [5.74, 6) is -1.08. The van der Waals surface area contributed by atoms with E-state index in [1.54, 1.807) is 0 Å². The van der Waals surface area contributed by atoms with Crippen molar-refractivity contribution in [1.29, 1.82) is 0 Å². The molecule has 2 amide bonds. The number of rotatable bonds is 5. The van der Waals surface area contributed by atoms with E-state index in [0.29, 0.717) is 19.4 Å². The monoisotopic (exact) mass is 284 g/mol. The number of nitrogens with zero attached hydrogens (tertiary/aromatic N) is 1. The molecule has 1 aliphatic rings. The molecule has 1 aliphatic heterocycles. The van der Waals surface area contributed by atoms with Crippen LogP contribution >= 0.6 is 0 Å². The second kappa shape index (κ2) is 6.60. The second-order valence-electron chi connectivity index (χ2n) is 4.09. The third-order valence-corrected chi connectivity index (χ3v) is 2.59. The van der Waals surface area contributed by atoms with Gasteiger partial charge in [0.15, 0.2) is 0 Å². The lowest BCUT2D eigenvalue weighted by Gasteiger charge is -2.21. The Hall–Kier alpha value is -1.51. The predicted molar refractivity (Wildman–Crippen MR) is 57.6 cm³/mol. The zero-order chi connectivity index (χ0) is 14.5. The van der Waals surface area contributed by atoms with E-state index in [1.165, 1.54) is 0 Å². The first-order chi connectivity index (χ1) is 8.81. The maximum Gasteiger partial charge on any atom is 0.411 e. The van der Waals surface area contributed by atoms with Crippen LogP contribution in [-0.4, -0.2) is 60.5 Å². The van der Waals surface area contributed by atoms with Gasteiger partial charge < -0.3 is 20.1 Å². The maximum absolute atomic E-state index is 11.7. The highest BCUT2D eigenvalue weighted by atomic mass is 19.4. The van der Waals surface area contributed by atoms with Crippen LogP contribution in [0.1, 0.15) is 12.8 Å². The molecule has 0 spiro atoms. The van der Waals surface area contributed by atoms with Gasteiger partial charge in [0, 0.05) is 13.1 Å². The molecular formula is C10H15F3N2O4. The van der Waals surface area contributed by atoms with E-state index in [2.05, 4.69) is 10.1 Å². The molecule has 1 rings (SSSR count). The number of carbonyl (C=O) groups is 2. The van der Waals surface area contributed by atoms with Crippen molar-refractivity contribution >= 4 is 12.0 Å². The fourth-order valence-electron chi connectivity index (χ4n) is 1.79. The lowest BCUT2D eigenvalue weighted by molar-refractivity contribution is -0.173. The van der Waals surface area contributed by atoms with Crippen LogP contribution in [0.25, 0.3) is 0 Å². The van der Waals surface area contributed by atoms with E-state index in [1.807, 2.05) is 0 Å². The topological polar surface area (TPSA) is 78.9 Å². The number of carbonyl (C=O) groups excluding carboxylic acids is 1. The number of carboxylic acid groups (broad SMARTS) is 1. The van der Waals surface area contributed by atoms with Gasteiger partial charge in [-0.3, -0.25) is 0 Å². The number of hydrogen-bond donors (Lipinski definition) is 2. The molecule has 0 saturated carbocycles. The average Bonchev–Trinajstić information content (AvgIpc) is 2.75. The van der Waals surface area contributed by atoms with Gasteiger partial charge in [-0.15, -0.1) is 0 Å². The van der Waals surface area contributed by atoms with Crippen LogP contribution in [0.4, 0.5) is 18.0 Å². The zero-order valence-corrected chi connectivity index (χ0v) is 10.1. The number of hydrogen-bond acceptors (Lipinski definition) is 3. The number of amides is 2. The van der Waals surface area contributed by atoms with Gasteiger partial charge in [-0.2, -0.15) is 13.2 Å². The molecule has 0 radical (unpaired) electrons. The number of aliphatic carboxylic acids is 1. The van der Waals surface area contributed by atoms with Crippen LogP contribution in [0.3, 0.4) is 0 Å². The predicted octanol–water partition coefficient (Wildman–Crippen LogP) is 0.824. The summed E-state index contributed by atoms with van der Waals surface area (Å²) in [5, 5.41) is 11.2. The smallest absolute Gasteiger partial charge is 0.411 e. The van der Waals surface area contributed by atoms with Gasteiger partial charge in [-0.1, -0.05) is 0 Å². The highest BCUT2D eigenvalue weighted by Crippen LogP contribution is 2.17. The molecule has 6 nitrogen and oxygen atoms in total. The first kappa shape index (κ1) is 15.5. The molecule has 1 fully saturated rings. The fourth-order valence-corrected chi connectivity index (χ4v) is 1.79. The molecule has 0 bridgehead atoms. The number of ether oxygens (including phenoxy) is 1. The lowest BCUT2D eigenvalue weighted by atomic mass is 10.2. The maximum atomic E-state index is 11.7. The molecule has 9 heteroatoms. The minimum atomic E-state index is -4.40. The molecule has 110 valence electrons. The standard InChI is InChI=1S/C10H15F3N2O4/c11-10(12,13)6-19-5-3-14-9(18)15-4-1-2-7(15)8(16)17/h7H,1-6H2,(H,14,18)(H,16,17). The van der Waals surface area contributed by atoms with E-state index >= 15 is 0 Å². The molecule has 1 heterocycles. The van der Waals surface area contributed by atoms with E-state index in [4.69, 9.17) is 5.11 Å². The van der Waals surface area contributed by atoms with Gasteiger partial charge in [0.2, 0.25) is 0 Å². The highest BCUT2D eigenvalue weighted by Gasteiger charge is 2.33. The number of nitrogens with one attached hydrogen (secondary N) is 1. The summed E-state index contributed by atoms with van der Waals surface area (Å²) < 4.78 is 39.5. The van der Waals surface area contributed by atoms with Crippen LogP contribution in [0.5, 0.6) is 0 Å². The van der Waals surface area contributed by atoms with Crippen molar-refractivity contribution in [3.8, 4) is 0 Å².